The van der Waals surface area contributed by atoms with Crippen LogP contribution in [0.5, 0.6) is 11.6 Å². The van der Waals surface area contributed by atoms with Crippen molar-refractivity contribution in [2.24, 2.45) is 5.73 Å². The van der Waals surface area contributed by atoms with E-state index in [4.69, 9.17) is 20.3 Å². The van der Waals surface area contributed by atoms with Crippen molar-refractivity contribution < 1.29 is 19.4 Å². The summed E-state index contributed by atoms with van der Waals surface area (Å²) in [5.74, 6) is -0.0178. The summed E-state index contributed by atoms with van der Waals surface area (Å²) in [6, 6.07) is 7.88. The van der Waals surface area contributed by atoms with Crippen molar-refractivity contribution in [3.8, 4) is 11.6 Å². The molecule has 0 amide bonds. The van der Waals surface area contributed by atoms with Gasteiger partial charge in [-0.05, 0) is 24.3 Å². The van der Waals surface area contributed by atoms with Gasteiger partial charge in [0.2, 0.25) is 5.88 Å². The Morgan fingerprint density at radius 3 is 2.89 bits per heavy atom. The fraction of sp³-hybridized carbons (Fsp3) is 0.231. The lowest BCUT2D eigenvalue weighted by Gasteiger charge is -2.09. The van der Waals surface area contributed by atoms with Crippen LogP contribution in [0.15, 0.2) is 30.3 Å². The number of pyridine rings is 1. The molecule has 0 radical (unpaired) electrons. The molecule has 0 fully saturated rings. The number of ether oxygens (including phenoxy) is 2. The number of aromatic nitrogens is 1. The van der Waals surface area contributed by atoms with Crippen LogP contribution >= 0.6 is 0 Å². The van der Waals surface area contributed by atoms with Gasteiger partial charge in [0.25, 0.3) is 0 Å². The van der Waals surface area contributed by atoms with Gasteiger partial charge in [0, 0.05) is 11.5 Å². The van der Waals surface area contributed by atoms with Gasteiger partial charge in [0.15, 0.2) is 0 Å². The van der Waals surface area contributed by atoms with E-state index in [0.717, 1.165) is 16.7 Å². The highest BCUT2D eigenvalue weighted by atomic mass is 16.5. The van der Waals surface area contributed by atoms with E-state index in [1.165, 1.54) is 0 Å². The summed E-state index contributed by atoms with van der Waals surface area (Å²) < 4.78 is 10.4. The standard InChI is InChI=1S/C13H14N2O4/c1-18-9-3-4-11-8(6-9)2-5-12(15-11)19-7-10(14)13(16)17/h2-6,10H,7,14H2,1H3,(H,16,17). The first-order chi connectivity index (χ1) is 9.10. The average molecular weight is 262 g/mol. The van der Waals surface area contributed by atoms with E-state index in [1.54, 1.807) is 25.3 Å². The third-order valence-electron chi connectivity index (χ3n) is 2.60. The van der Waals surface area contributed by atoms with Gasteiger partial charge in [-0.15, -0.1) is 0 Å². The molecular formula is C13H14N2O4. The molecule has 1 heterocycles. The van der Waals surface area contributed by atoms with Crippen LogP contribution < -0.4 is 15.2 Å². The van der Waals surface area contributed by atoms with Crippen LogP contribution in [0.3, 0.4) is 0 Å². The topological polar surface area (TPSA) is 94.7 Å². The number of nitrogens with zero attached hydrogens (tertiary/aromatic N) is 1. The summed E-state index contributed by atoms with van der Waals surface area (Å²) in [5.41, 5.74) is 6.08. The molecule has 0 spiro atoms. The molecule has 0 aliphatic rings. The van der Waals surface area contributed by atoms with Crippen molar-refractivity contribution in [3.63, 3.8) is 0 Å². The van der Waals surface area contributed by atoms with Crippen molar-refractivity contribution in [1.29, 1.82) is 0 Å². The molecule has 0 aliphatic heterocycles. The Kier molecular flexibility index (Phi) is 3.82. The van der Waals surface area contributed by atoms with E-state index in [-0.39, 0.29) is 6.61 Å². The van der Waals surface area contributed by atoms with Gasteiger partial charge in [-0.3, -0.25) is 4.79 Å². The molecule has 3 N–H and O–H groups in total. The Hall–Kier alpha value is -2.34. The number of carboxylic acid groups (broad SMARTS) is 1. The number of hydrogen-bond acceptors (Lipinski definition) is 5. The number of hydrogen-bond donors (Lipinski definition) is 2. The van der Waals surface area contributed by atoms with E-state index >= 15 is 0 Å². The molecule has 2 aromatic rings. The second kappa shape index (κ2) is 5.53. The van der Waals surface area contributed by atoms with Gasteiger partial charge in [-0.25, -0.2) is 4.98 Å². The second-order valence-corrected chi connectivity index (χ2v) is 3.96. The monoisotopic (exact) mass is 262 g/mol. The summed E-state index contributed by atoms with van der Waals surface area (Å²) in [6.45, 7) is -0.121. The SMILES string of the molecule is COc1ccc2nc(OCC(N)C(=O)O)ccc2c1. The zero-order valence-electron chi connectivity index (χ0n) is 10.4. The number of rotatable bonds is 5. The maximum Gasteiger partial charge on any atom is 0.324 e. The number of carbonyl (C=O) groups is 1. The van der Waals surface area contributed by atoms with E-state index in [1.807, 2.05) is 12.1 Å². The van der Waals surface area contributed by atoms with Gasteiger partial charge in [0.05, 0.1) is 12.6 Å². The van der Waals surface area contributed by atoms with Crippen molar-refractivity contribution in [1.82, 2.24) is 4.98 Å². The quantitative estimate of drug-likeness (QED) is 0.835. The lowest BCUT2D eigenvalue weighted by atomic mass is 10.2. The van der Waals surface area contributed by atoms with Gasteiger partial charge < -0.3 is 20.3 Å². The molecular weight excluding hydrogens is 248 g/mol. The molecule has 1 aromatic carbocycles. The van der Waals surface area contributed by atoms with Gasteiger partial charge >= 0.3 is 5.97 Å². The van der Waals surface area contributed by atoms with Crippen molar-refractivity contribution in [2.45, 2.75) is 6.04 Å². The Morgan fingerprint density at radius 1 is 1.42 bits per heavy atom. The summed E-state index contributed by atoms with van der Waals surface area (Å²) >= 11 is 0. The minimum absolute atomic E-state index is 0.121. The normalized spacial score (nSPS) is 12.1. The van der Waals surface area contributed by atoms with Crippen LogP contribution in [0.4, 0.5) is 0 Å². The number of carboxylic acids is 1. The zero-order chi connectivity index (χ0) is 13.8. The Morgan fingerprint density at radius 2 is 2.21 bits per heavy atom. The molecule has 19 heavy (non-hydrogen) atoms. The van der Waals surface area contributed by atoms with Crippen LogP contribution in [0.25, 0.3) is 10.9 Å². The van der Waals surface area contributed by atoms with Crippen LogP contribution in [0, 0.1) is 0 Å². The summed E-state index contributed by atoms with van der Waals surface area (Å²) in [6.07, 6.45) is 0. The Bertz CT molecular complexity index is 600. The second-order valence-electron chi connectivity index (χ2n) is 3.96. The van der Waals surface area contributed by atoms with Crippen molar-refractivity contribution in [2.75, 3.05) is 13.7 Å². The highest BCUT2D eigenvalue weighted by Crippen LogP contribution is 2.21. The predicted molar refractivity (Wildman–Crippen MR) is 69.4 cm³/mol. The first-order valence-electron chi connectivity index (χ1n) is 5.66. The molecule has 0 bridgehead atoms. The van der Waals surface area contributed by atoms with Crippen LogP contribution in [-0.2, 0) is 4.79 Å². The van der Waals surface area contributed by atoms with E-state index < -0.39 is 12.0 Å². The fourth-order valence-electron chi connectivity index (χ4n) is 1.54. The van der Waals surface area contributed by atoms with E-state index in [0.29, 0.717) is 5.88 Å². The molecule has 1 atom stereocenters. The lowest BCUT2D eigenvalue weighted by molar-refractivity contribution is -0.139. The first-order valence-corrected chi connectivity index (χ1v) is 5.66. The van der Waals surface area contributed by atoms with Gasteiger partial charge in [0.1, 0.15) is 18.4 Å². The molecule has 0 saturated heterocycles. The first kappa shape index (κ1) is 13.1. The van der Waals surface area contributed by atoms with Crippen LogP contribution in [0.2, 0.25) is 0 Å². The number of nitrogens with two attached hydrogens (primary N) is 1. The van der Waals surface area contributed by atoms with Crippen LogP contribution in [0.1, 0.15) is 0 Å². The molecule has 1 aromatic heterocycles. The maximum atomic E-state index is 10.6. The summed E-state index contributed by atoms with van der Waals surface area (Å²) in [7, 11) is 1.60. The number of benzene rings is 1. The fourth-order valence-corrected chi connectivity index (χ4v) is 1.54. The van der Waals surface area contributed by atoms with Crippen LogP contribution in [-0.4, -0.2) is 35.8 Å². The van der Waals surface area contributed by atoms with E-state index in [9.17, 15) is 4.79 Å². The molecule has 0 saturated carbocycles. The largest absolute Gasteiger partial charge is 0.497 e. The molecule has 1 unspecified atom stereocenters. The average Bonchev–Trinajstić information content (AvgIpc) is 2.43. The van der Waals surface area contributed by atoms with Crippen molar-refractivity contribution in [3.05, 3.63) is 30.3 Å². The van der Waals surface area contributed by atoms with E-state index in [2.05, 4.69) is 4.98 Å². The van der Waals surface area contributed by atoms with Gasteiger partial charge in [-0.2, -0.15) is 0 Å². The smallest absolute Gasteiger partial charge is 0.324 e. The number of fused-ring (bicyclic) bond motifs is 1. The predicted octanol–water partition coefficient (Wildman–Crippen LogP) is 1.03. The van der Waals surface area contributed by atoms with Crippen molar-refractivity contribution >= 4 is 16.9 Å². The van der Waals surface area contributed by atoms with Gasteiger partial charge in [-0.1, -0.05) is 0 Å². The molecule has 2 rings (SSSR count). The maximum absolute atomic E-state index is 10.6. The third-order valence-corrected chi connectivity index (χ3v) is 2.60. The summed E-state index contributed by atoms with van der Waals surface area (Å²) in [5, 5.41) is 9.56. The molecule has 100 valence electrons. The zero-order valence-corrected chi connectivity index (χ0v) is 10.4. The highest BCUT2D eigenvalue weighted by molar-refractivity contribution is 5.80. The molecule has 6 heteroatoms. The number of aliphatic carboxylic acids is 1. The lowest BCUT2D eigenvalue weighted by Crippen LogP contribution is -2.36. The molecule has 0 aliphatic carbocycles. The Balaban J connectivity index is 2.15. The minimum Gasteiger partial charge on any atom is -0.497 e. The summed E-state index contributed by atoms with van der Waals surface area (Å²) in [4.78, 5) is 14.8. The Labute approximate surface area is 109 Å². The highest BCUT2D eigenvalue weighted by Gasteiger charge is 2.12. The third kappa shape index (κ3) is 3.11. The molecule has 6 nitrogen and oxygen atoms in total. The minimum atomic E-state index is -1.11. The number of methoxy groups -OCH3 is 1.